The van der Waals surface area contributed by atoms with Crippen molar-refractivity contribution in [2.45, 2.75) is 13.8 Å². The van der Waals surface area contributed by atoms with Gasteiger partial charge in [-0.15, -0.1) is 0 Å². The van der Waals surface area contributed by atoms with Gasteiger partial charge in [0, 0.05) is 0 Å². The van der Waals surface area contributed by atoms with Crippen LogP contribution in [0.2, 0.25) is 0 Å². The van der Waals surface area contributed by atoms with E-state index in [1.165, 1.54) is 0 Å². The van der Waals surface area contributed by atoms with Gasteiger partial charge >= 0.3 is 11.9 Å². The largest absolute Gasteiger partial charge is 0.478 e. The molecule has 2 aromatic rings. The molecular weight excluding hydrogens is 256 g/mol. The molecule has 0 heterocycles. The zero-order chi connectivity index (χ0) is 14.9. The SMILES string of the molecule is Cc1cc(-c2ccccc2)c(C)c(C(=O)O)c1C(=O)O. The molecular formula is C16H14O4. The Balaban J connectivity index is 2.81. The first-order valence-corrected chi connectivity index (χ1v) is 6.09. The van der Waals surface area contributed by atoms with Crippen LogP contribution in [0.3, 0.4) is 0 Å². The van der Waals surface area contributed by atoms with Crippen LogP contribution in [0.25, 0.3) is 11.1 Å². The highest BCUT2D eigenvalue weighted by atomic mass is 16.4. The Hall–Kier alpha value is -2.62. The molecule has 2 N–H and O–H groups in total. The van der Waals surface area contributed by atoms with Gasteiger partial charge in [0.25, 0.3) is 0 Å². The topological polar surface area (TPSA) is 74.6 Å². The summed E-state index contributed by atoms with van der Waals surface area (Å²) in [6.45, 7) is 3.25. The molecule has 0 atom stereocenters. The molecule has 0 radical (unpaired) electrons. The smallest absolute Gasteiger partial charge is 0.336 e. The second-order valence-corrected chi connectivity index (χ2v) is 4.59. The van der Waals surface area contributed by atoms with Crippen molar-refractivity contribution in [1.29, 1.82) is 0 Å². The van der Waals surface area contributed by atoms with Gasteiger partial charge in [-0.2, -0.15) is 0 Å². The zero-order valence-corrected chi connectivity index (χ0v) is 11.2. The van der Waals surface area contributed by atoms with Gasteiger partial charge in [0.1, 0.15) is 0 Å². The van der Waals surface area contributed by atoms with E-state index >= 15 is 0 Å². The van der Waals surface area contributed by atoms with E-state index < -0.39 is 11.9 Å². The van der Waals surface area contributed by atoms with Gasteiger partial charge in [0.15, 0.2) is 0 Å². The van der Waals surface area contributed by atoms with Gasteiger partial charge in [-0.05, 0) is 36.1 Å². The first-order valence-electron chi connectivity index (χ1n) is 6.09. The standard InChI is InChI=1S/C16H14O4/c1-9-8-12(11-6-4-3-5-7-11)10(2)14(16(19)20)13(9)15(17)18/h3-8H,1-2H3,(H,17,18)(H,19,20). The van der Waals surface area contributed by atoms with E-state index in [-0.39, 0.29) is 11.1 Å². The third-order valence-corrected chi connectivity index (χ3v) is 3.30. The normalized spacial score (nSPS) is 10.3. The summed E-state index contributed by atoms with van der Waals surface area (Å²) in [4.78, 5) is 22.7. The molecule has 0 fully saturated rings. The van der Waals surface area contributed by atoms with Crippen LogP contribution < -0.4 is 0 Å². The van der Waals surface area contributed by atoms with Crippen molar-refractivity contribution in [3.05, 3.63) is 58.7 Å². The van der Waals surface area contributed by atoms with Crippen molar-refractivity contribution < 1.29 is 19.8 Å². The number of carbonyl (C=O) groups is 2. The fourth-order valence-corrected chi connectivity index (χ4v) is 2.38. The third-order valence-electron chi connectivity index (χ3n) is 3.30. The molecule has 0 aliphatic carbocycles. The Morgan fingerprint density at radius 1 is 0.900 bits per heavy atom. The number of rotatable bonds is 3. The van der Waals surface area contributed by atoms with E-state index in [1.807, 2.05) is 30.3 Å². The third kappa shape index (κ3) is 2.28. The Morgan fingerprint density at radius 3 is 1.95 bits per heavy atom. The quantitative estimate of drug-likeness (QED) is 0.896. The lowest BCUT2D eigenvalue weighted by Gasteiger charge is -2.14. The summed E-state index contributed by atoms with van der Waals surface area (Å²) in [5.74, 6) is -2.44. The summed E-state index contributed by atoms with van der Waals surface area (Å²) < 4.78 is 0. The molecule has 0 aromatic heterocycles. The number of carboxylic acid groups (broad SMARTS) is 2. The first kappa shape index (κ1) is 13.8. The maximum absolute atomic E-state index is 11.4. The molecule has 4 nitrogen and oxygen atoms in total. The van der Waals surface area contributed by atoms with Crippen LogP contribution in [0.5, 0.6) is 0 Å². The minimum Gasteiger partial charge on any atom is -0.478 e. The maximum atomic E-state index is 11.4. The van der Waals surface area contributed by atoms with Gasteiger partial charge in [0.2, 0.25) is 0 Å². The summed E-state index contributed by atoms with van der Waals surface area (Å²) in [5.41, 5.74) is 2.23. The van der Waals surface area contributed by atoms with Gasteiger partial charge < -0.3 is 10.2 Å². The maximum Gasteiger partial charge on any atom is 0.336 e. The monoisotopic (exact) mass is 270 g/mol. The van der Waals surface area contributed by atoms with Gasteiger partial charge in [-0.3, -0.25) is 0 Å². The van der Waals surface area contributed by atoms with Crippen molar-refractivity contribution in [1.82, 2.24) is 0 Å². The van der Waals surface area contributed by atoms with E-state index in [0.717, 1.165) is 11.1 Å². The van der Waals surface area contributed by atoms with Crippen LogP contribution in [0.4, 0.5) is 0 Å². The number of hydrogen-bond donors (Lipinski definition) is 2. The number of aromatic carboxylic acids is 2. The van der Waals surface area contributed by atoms with Crippen LogP contribution >= 0.6 is 0 Å². The second kappa shape index (κ2) is 5.17. The Kier molecular flexibility index (Phi) is 3.57. The predicted molar refractivity (Wildman–Crippen MR) is 75.3 cm³/mol. The number of carboxylic acids is 2. The van der Waals surface area contributed by atoms with Crippen LogP contribution in [-0.2, 0) is 0 Å². The van der Waals surface area contributed by atoms with E-state index in [2.05, 4.69) is 0 Å². The zero-order valence-electron chi connectivity index (χ0n) is 11.2. The van der Waals surface area contributed by atoms with E-state index in [0.29, 0.717) is 11.1 Å². The lowest BCUT2D eigenvalue weighted by atomic mass is 9.89. The van der Waals surface area contributed by atoms with Crippen LogP contribution in [0.1, 0.15) is 31.8 Å². The van der Waals surface area contributed by atoms with Crippen molar-refractivity contribution in [2.24, 2.45) is 0 Å². The molecule has 20 heavy (non-hydrogen) atoms. The predicted octanol–water partition coefficient (Wildman–Crippen LogP) is 3.37. The molecule has 2 aromatic carbocycles. The molecule has 0 bridgehead atoms. The second-order valence-electron chi connectivity index (χ2n) is 4.59. The van der Waals surface area contributed by atoms with Crippen LogP contribution in [0, 0.1) is 13.8 Å². The Labute approximate surface area is 116 Å². The summed E-state index contributed by atoms with van der Waals surface area (Å²) in [6.07, 6.45) is 0. The van der Waals surface area contributed by atoms with Crippen LogP contribution in [-0.4, -0.2) is 22.2 Å². The van der Waals surface area contributed by atoms with Crippen molar-refractivity contribution in [2.75, 3.05) is 0 Å². The molecule has 2 rings (SSSR count). The average molecular weight is 270 g/mol. The number of benzene rings is 2. The molecule has 0 aliphatic rings. The summed E-state index contributed by atoms with van der Waals surface area (Å²) in [5, 5.41) is 18.5. The molecule has 0 unspecified atom stereocenters. The Morgan fingerprint density at radius 2 is 1.45 bits per heavy atom. The summed E-state index contributed by atoms with van der Waals surface area (Å²) in [6, 6.07) is 11.0. The highest BCUT2D eigenvalue weighted by molar-refractivity contribution is 6.05. The molecule has 0 amide bonds. The Bertz CT molecular complexity index is 687. The van der Waals surface area contributed by atoms with E-state index in [9.17, 15) is 19.8 Å². The highest BCUT2D eigenvalue weighted by Gasteiger charge is 2.23. The molecule has 0 saturated carbocycles. The van der Waals surface area contributed by atoms with Gasteiger partial charge in [-0.1, -0.05) is 36.4 Å². The number of aryl methyl sites for hydroxylation is 1. The lowest BCUT2D eigenvalue weighted by Crippen LogP contribution is -2.13. The fourth-order valence-electron chi connectivity index (χ4n) is 2.38. The molecule has 102 valence electrons. The van der Waals surface area contributed by atoms with Crippen LogP contribution in [0.15, 0.2) is 36.4 Å². The van der Waals surface area contributed by atoms with Crippen molar-refractivity contribution >= 4 is 11.9 Å². The minimum absolute atomic E-state index is 0.142. The van der Waals surface area contributed by atoms with E-state index in [4.69, 9.17) is 0 Å². The number of hydrogen-bond acceptors (Lipinski definition) is 2. The molecule has 0 aliphatic heterocycles. The fraction of sp³-hybridized carbons (Fsp3) is 0.125. The van der Waals surface area contributed by atoms with Gasteiger partial charge in [0.05, 0.1) is 11.1 Å². The van der Waals surface area contributed by atoms with Gasteiger partial charge in [-0.25, -0.2) is 9.59 Å². The molecule has 0 saturated heterocycles. The average Bonchev–Trinajstić information content (AvgIpc) is 2.40. The first-order chi connectivity index (χ1) is 9.43. The molecule has 4 heteroatoms. The van der Waals surface area contributed by atoms with Crippen molar-refractivity contribution in [3.63, 3.8) is 0 Å². The van der Waals surface area contributed by atoms with E-state index in [1.54, 1.807) is 19.9 Å². The van der Waals surface area contributed by atoms with Crippen molar-refractivity contribution in [3.8, 4) is 11.1 Å². The highest BCUT2D eigenvalue weighted by Crippen LogP contribution is 2.30. The summed E-state index contributed by atoms with van der Waals surface area (Å²) in [7, 11) is 0. The molecule has 0 spiro atoms. The lowest BCUT2D eigenvalue weighted by molar-refractivity contribution is 0.0650. The minimum atomic E-state index is -1.22. The summed E-state index contributed by atoms with van der Waals surface area (Å²) >= 11 is 0.